The number of anilines is 1. The van der Waals surface area contributed by atoms with Crippen LogP contribution in [0.3, 0.4) is 0 Å². The molecule has 0 spiro atoms. The monoisotopic (exact) mass is 381 g/mol. The van der Waals surface area contributed by atoms with Crippen molar-refractivity contribution in [2.45, 2.75) is 31.2 Å². The molecule has 3 aromatic rings. The second kappa shape index (κ2) is 8.77. The number of hydrogen-bond donors (Lipinski definition) is 1. The molecular formula is C21H23N3O2S. The zero-order valence-corrected chi connectivity index (χ0v) is 16.5. The van der Waals surface area contributed by atoms with Gasteiger partial charge < -0.3 is 10.1 Å². The molecule has 27 heavy (non-hydrogen) atoms. The number of thioether (sulfide) groups is 1. The molecule has 1 atom stereocenters. The summed E-state index contributed by atoms with van der Waals surface area (Å²) in [4.78, 5) is 17.1. The SMILES string of the molecule is CCOc1ccccc1NC(=O)C(C)Sc1nccn1-c1cccc(C)c1. The van der Waals surface area contributed by atoms with Crippen LogP contribution >= 0.6 is 11.8 Å². The first-order chi connectivity index (χ1) is 13.1. The molecule has 140 valence electrons. The predicted octanol–water partition coefficient (Wildman–Crippen LogP) is 4.70. The lowest BCUT2D eigenvalue weighted by Crippen LogP contribution is -2.23. The fraction of sp³-hybridized carbons (Fsp3) is 0.238. The molecule has 1 amide bonds. The van der Waals surface area contributed by atoms with E-state index in [0.29, 0.717) is 18.0 Å². The van der Waals surface area contributed by atoms with Crippen LogP contribution in [0.15, 0.2) is 66.1 Å². The van der Waals surface area contributed by atoms with Crippen molar-refractivity contribution in [3.8, 4) is 11.4 Å². The number of nitrogens with one attached hydrogen (secondary N) is 1. The van der Waals surface area contributed by atoms with Gasteiger partial charge in [-0.2, -0.15) is 0 Å². The Kier molecular flexibility index (Phi) is 6.19. The van der Waals surface area contributed by atoms with Gasteiger partial charge in [-0.3, -0.25) is 9.36 Å². The summed E-state index contributed by atoms with van der Waals surface area (Å²) >= 11 is 1.42. The Morgan fingerprint density at radius 3 is 2.85 bits per heavy atom. The highest BCUT2D eigenvalue weighted by atomic mass is 32.2. The first-order valence-electron chi connectivity index (χ1n) is 8.88. The number of rotatable bonds is 7. The maximum absolute atomic E-state index is 12.7. The first kappa shape index (κ1) is 19.0. The zero-order valence-electron chi connectivity index (χ0n) is 15.7. The van der Waals surface area contributed by atoms with Gasteiger partial charge in [0, 0.05) is 18.1 Å². The predicted molar refractivity (Wildman–Crippen MR) is 110 cm³/mol. The van der Waals surface area contributed by atoms with Gasteiger partial charge in [-0.1, -0.05) is 36.0 Å². The molecule has 2 aromatic carbocycles. The molecule has 0 saturated heterocycles. The number of aromatic nitrogens is 2. The summed E-state index contributed by atoms with van der Waals surface area (Å²) in [5, 5.41) is 3.42. The minimum absolute atomic E-state index is 0.0917. The Morgan fingerprint density at radius 2 is 2.07 bits per heavy atom. The minimum atomic E-state index is -0.314. The fourth-order valence-corrected chi connectivity index (χ4v) is 3.53. The first-order valence-corrected chi connectivity index (χ1v) is 9.76. The normalized spacial score (nSPS) is 11.8. The van der Waals surface area contributed by atoms with Gasteiger partial charge in [-0.15, -0.1) is 0 Å². The maximum Gasteiger partial charge on any atom is 0.237 e. The van der Waals surface area contributed by atoms with Crippen LogP contribution < -0.4 is 10.1 Å². The fourth-order valence-electron chi connectivity index (χ4n) is 2.65. The van der Waals surface area contributed by atoms with Gasteiger partial charge in [0.25, 0.3) is 0 Å². The number of imidazole rings is 1. The average Bonchev–Trinajstić information content (AvgIpc) is 3.11. The summed E-state index contributed by atoms with van der Waals surface area (Å²) in [6.07, 6.45) is 3.66. The Labute approximate surface area is 163 Å². The number of hydrogen-bond acceptors (Lipinski definition) is 4. The van der Waals surface area contributed by atoms with Gasteiger partial charge in [0.15, 0.2) is 5.16 Å². The lowest BCUT2D eigenvalue weighted by atomic mass is 10.2. The van der Waals surface area contributed by atoms with Crippen molar-refractivity contribution in [2.24, 2.45) is 0 Å². The van der Waals surface area contributed by atoms with Crippen LogP contribution in [0.5, 0.6) is 5.75 Å². The van der Waals surface area contributed by atoms with Gasteiger partial charge in [-0.05, 0) is 50.6 Å². The van der Waals surface area contributed by atoms with Crippen LogP contribution in [0.25, 0.3) is 5.69 Å². The van der Waals surface area contributed by atoms with E-state index in [2.05, 4.69) is 29.4 Å². The topological polar surface area (TPSA) is 56.1 Å². The van der Waals surface area contributed by atoms with E-state index < -0.39 is 0 Å². The molecule has 0 aliphatic carbocycles. The van der Waals surface area contributed by atoms with Crippen molar-refractivity contribution < 1.29 is 9.53 Å². The molecule has 6 heteroatoms. The van der Waals surface area contributed by atoms with Crippen molar-refractivity contribution in [1.82, 2.24) is 9.55 Å². The van der Waals surface area contributed by atoms with Crippen LogP contribution in [-0.4, -0.2) is 27.3 Å². The van der Waals surface area contributed by atoms with Gasteiger partial charge in [-0.25, -0.2) is 4.98 Å². The van der Waals surface area contributed by atoms with Crippen LogP contribution in [0.1, 0.15) is 19.4 Å². The van der Waals surface area contributed by atoms with Crippen molar-refractivity contribution in [3.05, 3.63) is 66.5 Å². The van der Waals surface area contributed by atoms with E-state index in [1.165, 1.54) is 17.3 Å². The lowest BCUT2D eigenvalue weighted by molar-refractivity contribution is -0.115. The molecule has 1 unspecified atom stereocenters. The lowest BCUT2D eigenvalue weighted by Gasteiger charge is -2.15. The highest BCUT2D eigenvalue weighted by molar-refractivity contribution is 8.00. The second-order valence-electron chi connectivity index (χ2n) is 6.10. The molecular weight excluding hydrogens is 358 g/mol. The Hall–Kier alpha value is -2.73. The third kappa shape index (κ3) is 4.71. The number of carbonyl (C=O) groups excluding carboxylic acids is 1. The molecule has 0 aliphatic rings. The third-order valence-corrected chi connectivity index (χ3v) is 5.06. The summed E-state index contributed by atoms with van der Waals surface area (Å²) in [6, 6.07) is 15.6. The largest absolute Gasteiger partial charge is 0.492 e. The maximum atomic E-state index is 12.7. The Bertz CT molecular complexity index is 923. The molecule has 5 nitrogen and oxygen atoms in total. The van der Waals surface area contributed by atoms with Crippen molar-refractivity contribution in [2.75, 3.05) is 11.9 Å². The van der Waals surface area contributed by atoms with Crippen molar-refractivity contribution >= 4 is 23.4 Å². The summed E-state index contributed by atoms with van der Waals surface area (Å²) in [5.41, 5.74) is 2.89. The van der Waals surface area contributed by atoms with Gasteiger partial charge in [0.05, 0.1) is 17.5 Å². The summed E-state index contributed by atoms with van der Waals surface area (Å²) < 4.78 is 7.57. The van der Waals surface area contributed by atoms with Crippen molar-refractivity contribution in [3.63, 3.8) is 0 Å². The van der Waals surface area contributed by atoms with E-state index in [1.54, 1.807) is 6.20 Å². The van der Waals surface area contributed by atoms with Gasteiger partial charge in [0.2, 0.25) is 5.91 Å². The van der Waals surface area contributed by atoms with Crippen LogP contribution in [-0.2, 0) is 4.79 Å². The van der Waals surface area contributed by atoms with Gasteiger partial charge >= 0.3 is 0 Å². The summed E-state index contributed by atoms with van der Waals surface area (Å²) in [5.74, 6) is 0.581. The number of ether oxygens (including phenoxy) is 1. The number of nitrogens with zero attached hydrogens (tertiary/aromatic N) is 2. The standard InChI is InChI=1S/C21H23N3O2S/c1-4-26-19-11-6-5-10-18(19)23-20(25)16(3)27-21-22-12-13-24(21)17-9-7-8-15(2)14-17/h5-14,16H,4H2,1-3H3,(H,23,25). The van der Waals surface area contributed by atoms with Crippen LogP contribution in [0.4, 0.5) is 5.69 Å². The number of amides is 1. The molecule has 0 bridgehead atoms. The van der Waals surface area contributed by atoms with E-state index in [0.717, 1.165) is 10.8 Å². The molecule has 0 saturated carbocycles. The van der Waals surface area contributed by atoms with E-state index in [-0.39, 0.29) is 11.2 Å². The molecule has 3 rings (SSSR count). The van der Waals surface area contributed by atoms with Crippen LogP contribution in [0, 0.1) is 6.92 Å². The van der Waals surface area contributed by atoms with E-state index in [9.17, 15) is 4.79 Å². The molecule has 1 N–H and O–H groups in total. The molecule has 0 radical (unpaired) electrons. The molecule has 0 fully saturated rings. The molecule has 1 aromatic heterocycles. The van der Waals surface area contributed by atoms with Crippen molar-refractivity contribution in [1.29, 1.82) is 0 Å². The number of benzene rings is 2. The summed E-state index contributed by atoms with van der Waals surface area (Å²) in [7, 11) is 0. The third-order valence-electron chi connectivity index (χ3n) is 3.98. The minimum Gasteiger partial charge on any atom is -0.492 e. The Balaban J connectivity index is 1.72. The van der Waals surface area contributed by atoms with Crippen LogP contribution in [0.2, 0.25) is 0 Å². The second-order valence-corrected chi connectivity index (χ2v) is 7.41. The Morgan fingerprint density at radius 1 is 1.26 bits per heavy atom. The molecule has 0 aliphatic heterocycles. The quantitative estimate of drug-likeness (QED) is 0.603. The number of carbonyl (C=O) groups is 1. The molecule has 1 heterocycles. The average molecular weight is 382 g/mol. The van der Waals surface area contributed by atoms with Gasteiger partial charge in [0.1, 0.15) is 5.75 Å². The highest BCUT2D eigenvalue weighted by Crippen LogP contribution is 2.28. The smallest absolute Gasteiger partial charge is 0.237 e. The number of para-hydroxylation sites is 2. The van der Waals surface area contributed by atoms with E-state index >= 15 is 0 Å². The van der Waals surface area contributed by atoms with E-state index in [1.807, 2.05) is 61.0 Å². The van der Waals surface area contributed by atoms with E-state index in [4.69, 9.17) is 4.74 Å². The highest BCUT2D eigenvalue weighted by Gasteiger charge is 2.19. The number of aryl methyl sites for hydroxylation is 1. The summed E-state index contributed by atoms with van der Waals surface area (Å²) in [6.45, 7) is 6.39. The zero-order chi connectivity index (χ0) is 19.2.